The molecule has 0 aliphatic carbocycles. The van der Waals surface area contributed by atoms with Gasteiger partial charge in [-0.05, 0) is 36.2 Å². The molecule has 0 fully saturated rings. The van der Waals surface area contributed by atoms with Crippen LogP contribution in [0.25, 0.3) is 0 Å². The van der Waals surface area contributed by atoms with E-state index in [-0.39, 0.29) is 5.82 Å². The maximum atomic E-state index is 13.1. The Bertz CT molecular complexity index is 566. The molecule has 2 aromatic carbocycles. The quantitative estimate of drug-likeness (QED) is 0.896. The second-order valence-electron chi connectivity index (χ2n) is 5.07. The fraction of sp³-hybridized carbons (Fsp3) is 0.250. The van der Waals surface area contributed by atoms with Crippen LogP contribution >= 0.6 is 11.6 Å². The zero-order valence-electron chi connectivity index (χ0n) is 10.7. The number of hydrogen-bond donors (Lipinski definition) is 1. The summed E-state index contributed by atoms with van der Waals surface area (Å²) in [6, 6.07) is 13.7. The van der Waals surface area contributed by atoms with E-state index in [9.17, 15) is 9.50 Å². The minimum atomic E-state index is -0.960. The molecule has 0 saturated carbocycles. The number of benzene rings is 2. The van der Waals surface area contributed by atoms with E-state index < -0.39 is 5.60 Å². The normalized spacial score (nSPS) is 14.1. The second kappa shape index (κ2) is 5.72. The van der Waals surface area contributed by atoms with E-state index in [0.29, 0.717) is 17.9 Å². The van der Waals surface area contributed by atoms with Gasteiger partial charge in [-0.2, -0.15) is 0 Å². The molecule has 1 unspecified atom stereocenters. The van der Waals surface area contributed by atoms with Gasteiger partial charge >= 0.3 is 0 Å². The van der Waals surface area contributed by atoms with Crippen molar-refractivity contribution >= 4 is 11.6 Å². The summed E-state index contributed by atoms with van der Waals surface area (Å²) in [4.78, 5) is 0. The van der Waals surface area contributed by atoms with Crippen molar-refractivity contribution in [1.82, 2.24) is 0 Å². The Balaban J connectivity index is 2.13. The van der Waals surface area contributed by atoms with E-state index in [1.54, 1.807) is 19.1 Å². The van der Waals surface area contributed by atoms with Crippen LogP contribution in [-0.2, 0) is 12.8 Å². The second-order valence-corrected chi connectivity index (χ2v) is 5.48. The van der Waals surface area contributed by atoms with Gasteiger partial charge in [-0.3, -0.25) is 0 Å². The first-order chi connectivity index (χ1) is 8.96. The molecular formula is C16H16ClFO. The van der Waals surface area contributed by atoms with E-state index in [2.05, 4.69) is 0 Å². The van der Waals surface area contributed by atoms with Crippen LogP contribution in [0.5, 0.6) is 0 Å². The van der Waals surface area contributed by atoms with Crippen LogP contribution in [0, 0.1) is 5.82 Å². The lowest BCUT2D eigenvalue weighted by Gasteiger charge is -2.24. The van der Waals surface area contributed by atoms with Crippen LogP contribution in [0.4, 0.5) is 4.39 Å². The number of halogens is 2. The van der Waals surface area contributed by atoms with Gasteiger partial charge in [-0.15, -0.1) is 0 Å². The van der Waals surface area contributed by atoms with Crippen molar-refractivity contribution in [3.8, 4) is 0 Å². The van der Waals surface area contributed by atoms with E-state index in [1.807, 2.05) is 24.3 Å². The highest BCUT2D eigenvalue weighted by atomic mass is 35.5. The minimum absolute atomic E-state index is 0.286. The summed E-state index contributed by atoms with van der Waals surface area (Å²) in [5, 5.41) is 11.1. The molecule has 0 saturated heterocycles. The van der Waals surface area contributed by atoms with Crippen LogP contribution < -0.4 is 0 Å². The van der Waals surface area contributed by atoms with Gasteiger partial charge in [0, 0.05) is 17.9 Å². The van der Waals surface area contributed by atoms with Crippen molar-refractivity contribution in [1.29, 1.82) is 0 Å². The molecule has 1 atom stereocenters. The van der Waals surface area contributed by atoms with Crippen LogP contribution in [0.15, 0.2) is 48.5 Å². The molecule has 2 aromatic rings. The number of hydrogen-bond acceptors (Lipinski definition) is 1. The fourth-order valence-electron chi connectivity index (χ4n) is 2.20. The average Bonchev–Trinajstić information content (AvgIpc) is 2.31. The lowest BCUT2D eigenvalue weighted by molar-refractivity contribution is 0.0608. The van der Waals surface area contributed by atoms with E-state index in [0.717, 1.165) is 11.1 Å². The molecule has 0 aliphatic heterocycles. The topological polar surface area (TPSA) is 20.2 Å². The van der Waals surface area contributed by atoms with Crippen molar-refractivity contribution in [2.24, 2.45) is 0 Å². The highest BCUT2D eigenvalue weighted by Crippen LogP contribution is 2.23. The van der Waals surface area contributed by atoms with Crippen molar-refractivity contribution in [3.63, 3.8) is 0 Å². The summed E-state index contributed by atoms with van der Waals surface area (Å²) in [7, 11) is 0. The Morgan fingerprint density at radius 2 is 1.84 bits per heavy atom. The summed E-state index contributed by atoms with van der Waals surface area (Å²) in [5.74, 6) is -0.286. The molecular weight excluding hydrogens is 263 g/mol. The molecule has 2 rings (SSSR count). The molecule has 0 aromatic heterocycles. The summed E-state index contributed by atoms with van der Waals surface area (Å²) >= 11 is 6.09. The van der Waals surface area contributed by atoms with Crippen molar-refractivity contribution in [2.75, 3.05) is 0 Å². The molecule has 0 bridgehead atoms. The first-order valence-electron chi connectivity index (χ1n) is 6.16. The lowest BCUT2D eigenvalue weighted by Crippen LogP contribution is -2.30. The minimum Gasteiger partial charge on any atom is -0.389 e. The predicted octanol–water partition coefficient (Wildman–Crippen LogP) is 4.02. The fourth-order valence-corrected chi connectivity index (χ4v) is 2.40. The number of rotatable bonds is 4. The lowest BCUT2D eigenvalue weighted by atomic mass is 9.90. The third-order valence-corrected chi connectivity index (χ3v) is 3.37. The largest absolute Gasteiger partial charge is 0.389 e. The van der Waals surface area contributed by atoms with Gasteiger partial charge in [0.2, 0.25) is 0 Å². The zero-order chi connectivity index (χ0) is 13.9. The Morgan fingerprint density at radius 3 is 2.53 bits per heavy atom. The third-order valence-electron chi connectivity index (χ3n) is 3.00. The van der Waals surface area contributed by atoms with E-state index in [1.165, 1.54) is 12.1 Å². The summed E-state index contributed by atoms with van der Waals surface area (Å²) in [6.45, 7) is 1.74. The van der Waals surface area contributed by atoms with Crippen LogP contribution in [0.2, 0.25) is 5.02 Å². The Morgan fingerprint density at radius 1 is 1.11 bits per heavy atom. The van der Waals surface area contributed by atoms with Gasteiger partial charge in [0.05, 0.1) is 5.60 Å². The van der Waals surface area contributed by atoms with Crippen molar-refractivity contribution in [3.05, 3.63) is 70.5 Å². The molecule has 0 aliphatic rings. The highest BCUT2D eigenvalue weighted by molar-refractivity contribution is 6.31. The van der Waals surface area contributed by atoms with Crippen LogP contribution in [0.1, 0.15) is 18.1 Å². The maximum absolute atomic E-state index is 13.1. The zero-order valence-corrected chi connectivity index (χ0v) is 11.5. The Hall–Kier alpha value is -1.38. The van der Waals surface area contributed by atoms with E-state index >= 15 is 0 Å². The van der Waals surface area contributed by atoms with Gasteiger partial charge in [0.1, 0.15) is 5.82 Å². The van der Waals surface area contributed by atoms with Gasteiger partial charge in [0.15, 0.2) is 0 Å². The molecule has 0 amide bonds. The van der Waals surface area contributed by atoms with Crippen molar-refractivity contribution in [2.45, 2.75) is 25.4 Å². The predicted molar refractivity (Wildman–Crippen MR) is 75.9 cm³/mol. The molecule has 1 N–H and O–H groups in total. The van der Waals surface area contributed by atoms with Gasteiger partial charge in [-0.1, -0.05) is 41.9 Å². The van der Waals surface area contributed by atoms with Gasteiger partial charge in [0.25, 0.3) is 0 Å². The molecule has 3 heteroatoms. The van der Waals surface area contributed by atoms with Gasteiger partial charge < -0.3 is 5.11 Å². The SMILES string of the molecule is CC(O)(Cc1cccc(F)c1)Cc1ccccc1Cl. The Kier molecular flexibility index (Phi) is 4.23. The molecule has 0 spiro atoms. The highest BCUT2D eigenvalue weighted by Gasteiger charge is 2.22. The molecule has 19 heavy (non-hydrogen) atoms. The first kappa shape index (κ1) is 14.0. The molecule has 0 radical (unpaired) electrons. The maximum Gasteiger partial charge on any atom is 0.123 e. The van der Waals surface area contributed by atoms with Crippen LogP contribution in [0.3, 0.4) is 0 Å². The van der Waals surface area contributed by atoms with Crippen molar-refractivity contribution < 1.29 is 9.50 Å². The average molecular weight is 279 g/mol. The van der Waals surface area contributed by atoms with Gasteiger partial charge in [-0.25, -0.2) is 4.39 Å². The summed E-state index contributed by atoms with van der Waals surface area (Å²) in [5.41, 5.74) is 0.710. The monoisotopic (exact) mass is 278 g/mol. The molecule has 1 nitrogen and oxygen atoms in total. The smallest absolute Gasteiger partial charge is 0.123 e. The van der Waals surface area contributed by atoms with E-state index in [4.69, 9.17) is 11.6 Å². The Labute approximate surface area is 117 Å². The number of aliphatic hydroxyl groups is 1. The summed E-state index contributed by atoms with van der Waals surface area (Å²) in [6.07, 6.45) is 0.819. The van der Waals surface area contributed by atoms with Crippen LogP contribution in [-0.4, -0.2) is 10.7 Å². The molecule has 100 valence electrons. The standard InChI is InChI=1S/C16H16ClFO/c1-16(19,10-12-5-4-7-14(18)9-12)11-13-6-2-3-8-15(13)17/h2-9,19H,10-11H2,1H3. The third kappa shape index (κ3) is 4.05. The first-order valence-corrected chi connectivity index (χ1v) is 6.54. The summed E-state index contributed by atoms with van der Waals surface area (Å²) < 4.78 is 13.1. The molecule has 0 heterocycles.